The molecule has 0 atom stereocenters. The number of rotatable bonds is 6. The molecule has 2 heterocycles. The highest BCUT2D eigenvalue weighted by Crippen LogP contribution is 2.32. The van der Waals surface area contributed by atoms with E-state index in [4.69, 9.17) is 4.74 Å². The molecule has 0 radical (unpaired) electrons. The third kappa shape index (κ3) is 4.68. The van der Waals surface area contributed by atoms with Gasteiger partial charge in [-0.25, -0.2) is 4.98 Å². The van der Waals surface area contributed by atoms with Crippen molar-refractivity contribution in [1.29, 1.82) is 0 Å². The highest BCUT2D eigenvalue weighted by molar-refractivity contribution is 9.10. The van der Waals surface area contributed by atoms with Gasteiger partial charge in [0.05, 0.1) is 0 Å². The van der Waals surface area contributed by atoms with Gasteiger partial charge in [-0.05, 0) is 46.3 Å². The molecule has 0 saturated heterocycles. The van der Waals surface area contributed by atoms with E-state index >= 15 is 0 Å². The second kappa shape index (κ2) is 8.41. The number of amides is 1. The summed E-state index contributed by atoms with van der Waals surface area (Å²) >= 11 is 3.19. The molecule has 3 rings (SSSR count). The van der Waals surface area contributed by atoms with Crippen LogP contribution in [0.4, 0.5) is 5.82 Å². The number of phenols is 1. The molecule has 0 fully saturated rings. The number of benzene rings is 1. The number of nitrogens with one attached hydrogen (secondary N) is 1. The number of anilines is 1. The van der Waals surface area contributed by atoms with Gasteiger partial charge in [-0.3, -0.25) is 14.6 Å². The second-order valence-electron chi connectivity index (χ2n) is 5.47. The van der Waals surface area contributed by atoms with Gasteiger partial charge in [0.25, 0.3) is 5.91 Å². The van der Waals surface area contributed by atoms with Gasteiger partial charge in [-0.1, -0.05) is 12.1 Å². The van der Waals surface area contributed by atoms with E-state index in [9.17, 15) is 14.7 Å². The summed E-state index contributed by atoms with van der Waals surface area (Å²) in [5.74, 6) is 0.130. The number of nitrogens with zero attached hydrogens (tertiary/aromatic N) is 2. The number of halogens is 1. The molecule has 0 aliphatic carbocycles. The fourth-order valence-corrected chi connectivity index (χ4v) is 2.61. The molecule has 0 aliphatic rings. The number of phenolic OH excluding ortho intramolecular Hbond substituents is 1. The van der Waals surface area contributed by atoms with E-state index in [-0.39, 0.29) is 24.0 Å². The van der Waals surface area contributed by atoms with Gasteiger partial charge in [0, 0.05) is 28.0 Å². The number of carbonyl (C=O) groups is 2. The summed E-state index contributed by atoms with van der Waals surface area (Å²) in [5.41, 5.74) is 1.39. The molecule has 2 aromatic heterocycles. The first-order valence-corrected chi connectivity index (χ1v) is 8.64. The van der Waals surface area contributed by atoms with E-state index in [1.165, 1.54) is 18.3 Å². The summed E-state index contributed by atoms with van der Waals surface area (Å²) in [4.78, 5) is 31.1. The van der Waals surface area contributed by atoms with Gasteiger partial charge in [-0.15, -0.1) is 0 Å². The van der Waals surface area contributed by atoms with Crippen molar-refractivity contribution in [2.24, 2.45) is 0 Å². The lowest BCUT2D eigenvalue weighted by molar-refractivity contribution is 0.102. The van der Waals surface area contributed by atoms with Crippen LogP contribution in [-0.4, -0.2) is 27.3 Å². The highest BCUT2D eigenvalue weighted by Gasteiger charge is 2.10. The van der Waals surface area contributed by atoms with Crippen molar-refractivity contribution in [3.63, 3.8) is 0 Å². The average Bonchev–Trinajstić information content (AvgIpc) is 2.69. The number of aromatic hydroxyl groups is 1. The molecule has 136 valence electrons. The van der Waals surface area contributed by atoms with Crippen LogP contribution in [0.15, 0.2) is 59.3 Å². The first-order valence-electron chi connectivity index (χ1n) is 7.84. The quantitative estimate of drug-likeness (QED) is 0.582. The topological polar surface area (TPSA) is 101 Å². The van der Waals surface area contributed by atoms with E-state index in [1.54, 1.807) is 36.5 Å². The Morgan fingerprint density at radius 1 is 1.22 bits per heavy atom. The fraction of sp³-hybridized carbons (Fsp3) is 0.0526. The lowest BCUT2D eigenvalue weighted by Gasteiger charge is -2.10. The number of hydrogen-bond donors (Lipinski definition) is 2. The monoisotopic (exact) mass is 427 g/mol. The molecule has 0 saturated carbocycles. The average molecular weight is 428 g/mol. The third-order valence-corrected chi connectivity index (χ3v) is 4.25. The molecule has 8 heteroatoms. The standard InChI is InChI=1S/C19H14BrN3O4/c20-14-8-16(25)17(7-13(14)10-24)27-11-12-4-5-18(22-9-12)23-19(26)15-3-1-2-6-21-15/h1-10,25H,11H2,(H,22,23,26). The molecule has 0 bridgehead atoms. The number of pyridine rings is 2. The first kappa shape index (κ1) is 18.5. The zero-order valence-corrected chi connectivity index (χ0v) is 15.5. The molecule has 3 aromatic rings. The Kier molecular flexibility index (Phi) is 5.77. The molecule has 0 spiro atoms. The van der Waals surface area contributed by atoms with Gasteiger partial charge < -0.3 is 15.2 Å². The van der Waals surface area contributed by atoms with E-state index in [0.717, 1.165) is 5.56 Å². The van der Waals surface area contributed by atoms with E-state index in [2.05, 4.69) is 31.2 Å². The van der Waals surface area contributed by atoms with Crippen molar-refractivity contribution in [3.8, 4) is 11.5 Å². The smallest absolute Gasteiger partial charge is 0.275 e. The number of aldehydes is 1. The fourth-order valence-electron chi connectivity index (χ4n) is 2.19. The summed E-state index contributed by atoms with van der Waals surface area (Å²) in [5, 5.41) is 12.6. The summed E-state index contributed by atoms with van der Waals surface area (Å²) in [6.07, 6.45) is 3.75. The van der Waals surface area contributed by atoms with Crippen LogP contribution in [0.2, 0.25) is 0 Å². The molecular weight excluding hydrogens is 414 g/mol. The molecule has 0 unspecified atom stereocenters. The van der Waals surface area contributed by atoms with Crippen LogP contribution in [0.1, 0.15) is 26.4 Å². The Labute approximate surface area is 163 Å². The SMILES string of the molecule is O=Cc1cc(OCc2ccc(NC(=O)c3ccccn3)nc2)c(O)cc1Br. The second-order valence-corrected chi connectivity index (χ2v) is 6.32. The van der Waals surface area contributed by atoms with Crippen molar-refractivity contribution in [1.82, 2.24) is 9.97 Å². The van der Waals surface area contributed by atoms with E-state index < -0.39 is 0 Å². The molecule has 0 aliphatic heterocycles. The molecular formula is C19H14BrN3O4. The van der Waals surface area contributed by atoms with Gasteiger partial charge in [0.2, 0.25) is 0 Å². The minimum Gasteiger partial charge on any atom is -0.504 e. The van der Waals surface area contributed by atoms with Crippen molar-refractivity contribution >= 4 is 33.9 Å². The zero-order chi connectivity index (χ0) is 19.2. The predicted molar refractivity (Wildman–Crippen MR) is 102 cm³/mol. The summed E-state index contributed by atoms with van der Waals surface area (Å²) in [7, 11) is 0. The van der Waals surface area contributed by atoms with Crippen molar-refractivity contribution in [2.75, 3.05) is 5.32 Å². The maximum atomic E-state index is 12.0. The van der Waals surface area contributed by atoms with Gasteiger partial charge in [-0.2, -0.15) is 0 Å². The number of carbonyl (C=O) groups excluding carboxylic acids is 2. The first-order chi connectivity index (χ1) is 13.1. The van der Waals surface area contributed by atoms with Gasteiger partial charge in [0.1, 0.15) is 18.1 Å². The number of ether oxygens (including phenoxy) is 1. The van der Waals surface area contributed by atoms with Gasteiger partial charge >= 0.3 is 0 Å². The zero-order valence-electron chi connectivity index (χ0n) is 13.9. The summed E-state index contributed by atoms with van der Waals surface area (Å²) in [6, 6.07) is 11.3. The molecule has 1 aromatic carbocycles. The van der Waals surface area contributed by atoms with Gasteiger partial charge in [0.15, 0.2) is 17.8 Å². The van der Waals surface area contributed by atoms with Crippen LogP contribution < -0.4 is 10.1 Å². The van der Waals surface area contributed by atoms with Crippen LogP contribution in [0.5, 0.6) is 11.5 Å². The lowest BCUT2D eigenvalue weighted by atomic mass is 10.2. The number of aromatic nitrogens is 2. The van der Waals surface area contributed by atoms with Crippen LogP contribution in [0, 0.1) is 0 Å². The van der Waals surface area contributed by atoms with E-state index in [1.807, 2.05) is 0 Å². The van der Waals surface area contributed by atoms with Crippen LogP contribution in [-0.2, 0) is 6.61 Å². The van der Waals surface area contributed by atoms with Crippen LogP contribution in [0.25, 0.3) is 0 Å². The van der Waals surface area contributed by atoms with E-state index in [0.29, 0.717) is 27.8 Å². The predicted octanol–water partition coefficient (Wildman–Crippen LogP) is 3.59. The Morgan fingerprint density at radius 3 is 2.74 bits per heavy atom. The summed E-state index contributed by atoms with van der Waals surface area (Å²) < 4.78 is 6.03. The Morgan fingerprint density at radius 2 is 2.07 bits per heavy atom. The third-order valence-electron chi connectivity index (χ3n) is 3.56. The summed E-state index contributed by atoms with van der Waals surface area (Å²) in [6.45, 7) is 0.134. The maximum absolute atomic E-state index is 12.0. The minimum absolute atomic E-state index is 0.0836. The van der Waals surface area contributed by atoms with Crippen LogP contribution >= 0.6 is 15.9 Å². The van der Waals surface area contributed by atoms with Crippen molar-refractivity contribution in [3.05, 3.63) is 76.2 Å². The van der Waals surface area contributed by atoms with Crippen molar-refractivity contribution in [2.45, 2.75) is 6.61 Å². The molecule has 2 N–H and O–H groups in total. The van der Waals surface area contributed by atoms with Crippen molar-refractivity contribution < 1.29 is 19.4 Å². The molecule has 1 amide bonds. The number of hydrogen-bond acceptors (Lipinski definition) is 6. The Hall–Kier alpha value is -3.26. The molecule has 7 nitrogen and oxygen atoms in total. The normalized spacial score (nSPS) is 10.3. The maximum Gasteiger partial charge on any atom is 0.275 e. The van der Waals surface area contributed by atoms with Crippen LogP contribution in [0.3, 0.4) is 0 Å². The highest BCUT2D eigenvalue weighted by atomic mass is 79.9. The minimum atomic E-state index is -0.353. The lowest BCUT2D eigenvalue weighted by Crippen LogP contribution is -2.14. The molecule has 27 heavy (non-hydrogen) atoms. The Bertz CT molecular complexity index is 963. The Balaban J connectivity index is 1.63. The largest absolute Gasteiger partial charge is 0.504 e.